The van der Waals surface area contributed by atoms with E-state index in [4.69, 9.17) is 23.0 Å². The van der Waals surface area contributed by atoms with Gasteiger partial charge in [-0.15, -0.1) is 0 Å². The van der Waals surface area contributed by atoms with Crippen molar-refractivity contribution in [1.82, 2.24) is 9.47 Å². The number of carbonyl (C=O) groups is 2. The van der Waals surface area contributed by atoms with Gasteiger partial charge in [0.15, 0.2) is 18.1 Å². The predicted octanol–water partition coefficient (Wildman–Crippen LogP) is 6.37. The van der Waals surface area contributed by atoms with Gasteiger partial charge in [0.05, 0.1) is 24.3 Å². The first kappa shape index (κ1) is 30.6. The number of fused-ring (bicyclic) bond motifs is 3. The van der Waals surface area contributed by atoms with Crippen molar-refractivity contribution in [3.8, 4) is 17.0 Å². The van der Waals surface area contributed by atoms with Crippen molar-refractivity contribution in [2.75, 3.05) is 26.3 Å². The van der Waals surface area contributed by atoms with Crippen LogP contribution in [0, 0.1) is 12.8 Å². The summed E-state index contributed by atoms with van der Waals surface area (Å²) in [6.07, 6.45) is 2.83. The highest BCUT2D eigenvalue weighted by atomic mass is 16.6. The normalized spacial score (nSPS) is 15.3. The number of aromatic nitrogens is 1. The lowest BCUT2D eigenvalue weighted by atomic mass is 9.96. The number of hydrogen-bond acceptors (Lipinski definition) is 9. The second-order valence-corrected chi connectivity index (χ2v) is 12.1. The third-order valence-corrected chi connectivity index (χ3v) is 9.04. The Balaban J connectivity index is 0.920. The van der Waals surface area contributed by atoms with Crippen LogP contribution in [0.3, 0.4) is 0 Å². The zero-order chi connectivity index (χ0) is 32.3. The third-order valence-electron chi connectivity index (χ3n) is 9.04. The van der Waals surface area contributed by atoms with Crippen molar-refractivity contribution in [3.05, 3.63) is 112 Å². The van der Waals surface area contributed by atoms with Gasteiger partial charge in [-0.05, 0) is 74.0 Å². The molecule has 0 unspecified atom stereocenters. The largest absolute Gasteiger partial charge is 0.519 e. The van der Waals surface area contributed by atoms with Crippen LogP contribution < -0.4 is 10.6 Å². The molecule has 4 heterocycles. The number of hydrogen-bond donors (Lipinski definition) is 0. The first-order valence-corrected chi connectivity index (χ1v) is 16.0. The topological polar surface area (TPSA) is 113 Å². The molecule has 7 rings (SSSR count). The van der Waals surface area contributed by atoms with E-state index < -0.39 is 11.8 Å². The standard InChI is InChI=1S/C37H36N2O8/c1-24-32(47-37(42)46-24)23-45-35(40)29-8-3-2-7-28(29)27-13-11-25(12-14-27)21-38-18-15-26(16-19-38)22-44-36(41)33-30-9-4-5-10-31(30)39-17-6-20-43-34(33)39/h2-5,7-14,26H,6,15-23H2,1H3. The number of likely N-dealkylation sites (tertiary alicyclic amines) is 1. The van der Waals surface area contributed by atoms with Crippen LogP contribution in [0.25, 0.3) is 22.0 Å². The quantitative estimate of drug-likeness (QED) is 0.170. The van der Waals surface area contributed by atoms with Crippen LogP contribution >= 0.6 is 0 Å². The van der Waals surface area contributed by atoms with Crippen molar-refractivity contribution in [2.24, 2.45) is 5.92 Å². The van der Waals surface area contributed by atoms with Gasteiger partial charge < -0.3 is 27.6 Å². The Hall–Kier alpha value is -5.09. The molecular formula is C37H36N2O8. The maximum atomic E-state index is 13.3. The molecule has 0 N–H and O–H groups in total. The number of rotatable bonds is 9. The lowest BCUT2D eigenvalue weighted by molar-refractivity contribution is 0.0364. The fourth-order valence-corrected chi connectivity index (χ4v) is 6.49. The Bertz CT molecular complexity index is 1960. The zero-order valence-corrected chi connectivity index (χ0v) is 26.2. The number of nitrogens with zero attached hydrogens (tertiary/aromatic N) is 2. The summed E-state index contributed by atoms with van der Waals surface area (Å²) in [4.78, 5) is 39.9. The van der Waals surface area contributed by atoms with Crippen LogP contribution in [-0.4, -0.2) is 47.7 Å². The molecule has 47 heavy (non-hydrogen) atoms. The second kappa shape index (κ2) is 13.3. The molecule has 1 saturated heterocycles. The fourth-order valence-electron chi connectivity index (χ4n) is 6.49. The molecule has 0 spiro atoms. The molecule has 0 amide bonds. The van der Waals surface area contributed by atoms with E-state index in [0.717, 1.165) is 67.5 Å². The van der Waals surface area contributed by atoms with E-state index in [1.165, 1.54) is 5.56 Å². The van der Waals surface area contributed by atoms with Crippen LogP contribution in [0.4, 0.5) is 0 Å². The maximum absolute atomic E-state index is 13.3. The Kier molecular flexibility index (Phi) is 8.67. The van der Waals surface area contributed by atoms with Crippen LogP contribution in [0.15, 0.2) is 86.4 Å². The molecule has 2 aromatic heterocycles. The van der Waals surface area contributed by atoms with E-state index >= 15 is 0 Å². The summed E-state index contributed by atoms with van der Waals surface area (Å²) in [6.45, 7) is 5.88. The van der Waals surface area contributed by atoms with Gasteiger partial charge in [-0.25, -0.2) is 14.4 Å². The zero-order valence-electron chi connectivity index (χ0n) is 26.2. The summed E-state index contributed by atoms with van der Waals surface area (Å²) in [6, 6.07) is 23.4. The number of aryl methyl sites for hydroxylation is 2. The van der Waals surface area contributed by atoms with E-state index in [2.05, 4.69) is 21.6 Å². The van der Waals surface area contributed by atoms with Crippen molar-refractivity contribution in [1.29, 1.82) is 0 Å². The summed E-state index contributed by atoms with van der Waals surface area (Å²) in [5, 5.41) is 0.885. The summed E-state index contributed by atoms with van der Waals surface area (Å²) in [5.74, 6) is -0.234. The first-order chi connectivity index (χ1) is 22.9. The smallest absolute Gasteiger partial charge is 0.478 e. The van der Waals surface area contributed by atoms with E-state index in [0.29, 0.717) is 36.1 Å². The van der Waals surface area contributed by atoms with Gasteiger partial charge in [0.2, 0.25) is 5.88 Å². The minimum absolute atomic E-state index is 0.189. The average Bonchev–Trinajstić information content (AvgIpc) is 3.62. The molecule has 10 heteroatoms. The maximum Gasteiger partial charge on any atom is 0.519 e. The van der Waals surface area contributed by atoms with Crippen LogP contribution in [0.5, 0.6) is 5.88 Å². The highest BCUT2D eigenvalue weighted by molar-refractivity contribution is 6.07. The van der Waals surface area contributed by atoms with Crippen molar-refractivity contribution in [2.45, 2.75) is 45.9 Å². The Morgan fingerprint density at radius 1 is 0.872 bits per heavy atom. The van der Waals surface area contributed by atoms with E-state index in [9.17, 15) is 14.4 Å². The van der Waals surface area contributed by atoms with E-state index in [1.54, 1.807) is 19.1 Å². The highest BCUT2D eigenvalue weighted by Gasteiger charge is 2.28. The molecule has 0 saturated carbocycles. The van der Waals surface area contributed by atoms with Crippen LogP contribution in [-0.2, 0) is 29.2 Å². The molecule has 0 atom stereocenters. The number of esters is 2. The molecule has 0 aliphatic carbocycles. The van der Waals surface area contributed by atoms with E-state index in [-0.39, 0.29) is 24.1 Å². The Morgan fingerprint density at radius 2 is 1.64 bits per heavy atom. The minimum atomic E-state index is -0.824. The van der Waals surface area contributed by atoms with Crippen molar-refractivity contribution >= 4 is 22.8 Å². The molecule has 0 radical (unpaired) electrons. The average molecular weight is 637 g/mol. The van der Waals surface area contributed by atoms with Gasteiger partial charge in [-0.2, -0.15) is 0 Å². The Labute approximate surface area is 271 Å². The molecule has 3 aromatic carbocycles. The number of piperidine rings is 1. The van der Waals surface area contributed by atoms with Gasteiger partial charge in [-0.1, -0.05) is 60.7 Å². The van der Waals surface area contributed by atoms with Gasteiger partial charge >= 0.3 is 17.8 Å². The summed E-state index contributed by atoms with van der Waals surface area (Å²) in [7, 11) is 0. The Morgan fingerprint density at radius 3 is 2.43 bits per heavy atom. The fraction of sp³-hybridized carbons (Fsp3) is 0.324. The van der Waals surface area contributed by atoms with Crippen molar-refractivity contribution in [3.63, 3.8) is 0 Å². The highest BCUT2D eigenvalue weighted by Crippen LogP contribution is 2.35. The summed E-state index contributed by atoms with van der Waals surface area (Å²) >= 11 is 0. The predicted molar refractivity (Wildman–Crippen MR) is 173 cm³/mol. The lowest BCUT2D eigenvalue weighted by Crippen LogP contribution is -2.35. The molecule has 10 nitrogen and oxygen atoms in total. The first-order valence-electron chi connectivity index (χ1n) is 16.0. The molecule has 242 valence electrons. The number of ether oxygens (including phenoxy) is 3. The summed E-state index contributed by atoms with van der Waals surface area (Å²) in [5.41, 5.74) is 4.80. The van der Waals surface area contributed by atoms with Crippen LogP contribution in [0.1, 0.15) is 57.1 Å². The van der Waals surface area contributed by atoms with Gasteiger partial charge in [-0.3, -0.25) is 4.90 Å². The van der Waals surface area contributed by atoms with Crippen molar-refractivity contribution < 1.29 is 32.6 Å². The van der Waals surface area contributed by atoms with Crippen LogP contribution in [0.2, 0.25) is 0 Å². The number of para-hydroxylation sites is 1. The van der Waals surface area contributed by atoms with Gasteiger partial charge in [0.1, 0.15) is 5.56 Å². The molecule has 5 aromatic rings. The third kappa shape index (κ3) is 6.46. The molecule has 1 fully saturated rings. The summed E-state index contributed by atoms with van der Waals surface area (Å²) < 4.78 is 29.1. The molecule has 0 bridgehead atoms. The second-order valence-electron chi connectivity index (χ2n) is 12.1. The monoisotopic (exact) mass is 636 g/mol. The minimum Gasteiger partial charge on any atom is -0.478 e. The SMILES string of the molecule is Cc1oc(=O)oc1COC(=O)c1ccccc1-c1ccc(CN2CCC(COC(=O)c3c4n(c5ccccc35)CCCO4)CC2)cc1. The lowest BCUT2D eigenvalue weighted by Gasteiger charge is -2.31. The van der Waals surface area contributed by atoms with E-state index in [1.807, 2.05) is 48.5 Å². The number of carbonyl (C=O) groups excluding carboxylic acids is 2. The number of benzene rings is 3. The van der Waals surface area contributed by atoms with Gasteiger partial charge in [0.25, 0.3) is 0 Å². The molecular weight excluding hydrogens is 600 g/mol. The van der Waals surface area contributed by atoms with Gasteiger partial charge in [0, 0.05) is 18.5 Å². The molecule has 2 aliphatic heterocycles. The molecule has 2 aliphatic rings.